The third kappa shape index (κ3) is 4.40. The zero-order valence-corrected chi connectivity index (χ0v) is 13.2. The average Bonchev–Trinajstić information content (AvgIpc) is 2.87. The van der Waals surface area contributed by atoms with Crippen LogP contribution in [0.1, 0.15) is 33.6 Å². The zero-order chi connectivity index (χ0) is 18.4. The van der Waals surface area contributed by atoms with Crippen molar-refractivity contribution in [2.45, 2.75) is 18.9 Å². The molecule has 0 saturated heterocycles. The van der Waals surface area contributed by atoms with E-state index in [-0.39, 0.29) is 24.0 Å². The maximum Gasteiger partial charge on any atom is 0.308 e. The molecule has 0 unspecified atom stereocenters. The van der Waals surface area contributed by atoms with Gasteiger partial charge in [0.1, 0.15) is 6.10 Å². The van der Waals surface area contributed by atoms with Crippen molar-refractivity contribution in [3.63, 3.8) is 0 Å². The number of ether oxygens (including phenoxy) is 2. The number of benzene rings is 1. The molecule has 0 aromatic heterocycles. The van der Waals surface area contributed by atoms with Gasteiger partial charge in [0.15, 0.2) is 6.73 Å². The van der Waals surface area contributed by atoms with Crippen molar-refractivity contribution in [3.05, 3.63) is 35.4 Å². The van der Waals surface area contributed by atoms with Crippen molar-refractivity contribution in [1.29, 1.82) is 0 Å². The van der Waals surface area contributed by atoms with Gasteiger partial charge in [-0.3, -0.25) is 19.2 Å². The van der Waals surface area contributed by atoms with Crippen LogP contribution in [0.2, 0.25) is 0 Å². The molecular weight excluding hydrogens is 334 g/mol. The molecule has 0 radical (unpaired) electrons. The topological polar surface area (TPSA) is 130 Å². The second kappa shape index (κ2) is 8.36. The van der Waals surface area contributed by atoms with Gasteiger partial charge in [-0.25, -0.2) is 4.90 Å². The lowest BCUT2D eigenvalue weighted by atomic mass is 10.1. The Morgan fingerprint density at radius 2 is 1.48 bits per heavy atom. The molecule has 0 aliphatic carbocycles. The predicted octanol–water partition coefficient (Wildman–Crippen LogP) is -0.540. The average molecular weight is 351 g/mol. The highest BCUT2D eigenvalue weighted by molar-refractivity contribution is 6.21. The first-order valence-corrected chi connectivity index (χ1v) is 7.50. The molecular formula is C16H17NO8. The van der Waals surface area contributed by atoms with Crippen LogP contribution in [0.3, 0.4) is 0 Å². The summed E-state index contributed by atoms with van der Waals surface area (Å²) < 4.78 is 9.53. The van der Waals surface area contributed by atoms with Gasteiger partial charge in [0.05, 0.1) is 37.2 Å². The Hall–Kier alpha value is -2.78. The Morgan fingerprint density at radius 3 is 2.00 bits per heavy atom. The van der Waals surface area contributed by atoms with Crippen molar-refractivity contribution in [3.8, 4) is 0 Å². The molecule has 0 spiro atoms. The number of amides is 2. The Kier molecular flexibility index (Phi) is 6.20. The molecule has 0 fully saturated rings. The van der Waals surface area contributed by atoms with E-state index >= 15 is 0 Å². The molecule has 0 bridgehead atoms. The summed E-state index contributed by atoms with van der Waals surface area (Å²) in [6.07, 6.45) is -1.69. The summed E-state index contributed by atoms with van der Waals surface area (Å²) in [7, 11) is 0. The Bertz CT molecular complexity index is 647. The van der Waals surface area contributed by atoms with Gasteiger partial charge in [-0.1, -0.05) is 12.1 Å². The number of imide groups is 1. The molecule has 25 heavy (non-hydrogen) atoms. The van der Waals surface area contributed by atoms with Crippen LogP contribution in [0, 0.1) is 0 Å². The van der Waals surface area contributed by atoms with Crippen LogP contribution in [0.15, 0.2) is 24.3 Å². The highest BCUT2D eigenvalue weighted by atomic mass is 16.6. The fourth-order valence-corrected chi connectivity index (χ4v) is 2.15. The predicted molar refractivity (Wildman–Crippen MR) is 81.2 cm³/mol. The first-order chi connectivity index (χ1) is 12.0. The standard InChI is InChI=1S/C16H17NO8/c18-7-10(8-19)25-14(21)6-5-13(20)24-9-17-15(22)11-3-1-2-4-12(11)16(17)23/h1-4,10,18-19H,5-9H2. The summed E-state index contributed by atoms with van der Waals surface area (Å²) in [6, 6.07) is 6.26. The molecule has 134 valence electrons. The van der Waals surface area contributed by atoms with Crippen LogP contribution in [0.25, 0.3) is 0 Å². The van der Waals surface area contributed by atoms with E-state index in [9.17, 15) is 19.2 Å². The van der Waals surface area contributed by atoms with Gasteiger partial charge in [0, 0.05) is 0 Å². The minimum atomic E-state index is -1.04. The van der Waals surface area contributed by atoms with E-state index in [0.29, 0.717) is 0 Å². The minimum Gasteiger partial charge on any atom is -0.457 e. The van der Waals surface area contributed by atoms with Crippen LogP contribution in [-0.2, 0) is 19.1 Å². The number of rotatable bonds is 8. The largest absolute Gasteiger partial charge is 0.457 e. The fraction of sp³-hybridized carbons (Fsp3) is 0.375. The fourth-order valence-electron chi connectivity index (χ4n) is 2.15. The van der Waals surface area contributed by atoms with Crippen molar-refractivity contribution in [2.75, 3.05) is 19.9 Å². The number of hydrogen-bond acceptors (Lipinski definition) is 8. The number of aliphatic hydroxyl groups is 2. The third-order valence-electron chi connectivity index (χ3n) is 3.47. The number of aliphatic hydroxyl groups excluding tert-OH is 2. The van der Waals surface area contributed by atoms with E-state index < -0.39 is 49.8 Å². The lowest BCUT2D eigenvalue weighted by molar-refractivity contribution is -0.157. The Balaban J connectivity index is 1.79. The molecule has 2 rings (SSSR count). The molecule has 2 amide bonds. The maximum atomic E-state index is 12.1. The van der Waals surface area contributed by atoms with E-state index in [1.807, 2.05) is 0 Å². The van der Waals surface area contributed by atoms with Crippen LogP contribution in [-0.4, -0.2) is 64.9 Å². The highest BCUT2D eigenvalue weighted by Crippen LogP contribution is 2.22. The first-order valence-electron chi connectivity index (χ1n) is 7.50. The van der Waals surface area contributed by atoms with E-state index in [4.69, 9.17) is 14.9 Å². The molecule has 9 nitrogen and oxygen atoms in total. The summed E-state index contributed by atoms with van der Waals surface area (Å²) in [5.41, 5.74) is 0.484. The quantitative estimate of drug-likeness (QED) is 0.472. The number of nitrogens with zero attached hydrogens (tertiary/aromatic N) is 1. The summed E-state index contributed by atoms with van der Waals surface area (Å²) in [4.78, 5) is 48.0. The number of fused-ring (bicyclic) bond motifs is 1. The normalized spacial score (nSPS) is 13.2. The monoisotopic (exact) mass is 351 g/mol. The minimum absolute atomic E-state index is 0.242. The van der Waals surface area contributed by atoms with E-state index in [2.05, 4.69) is 4.74 Å². The SMILES string of the molecule is O=C(CCC(=O)OC(CO)CO)OCN1C(=O)c2ccccc2C1=O. The van der Waals surface area contributed by atoms with Gasteiger partial charge < -0.3 is 19.7 Å². The van der Waals surface area contributed by atoms with Gasteiger partial charge in [0.2, 0.25) is 0 Å². The van der Waals surface area contributed by atoms with E-state index in [0.717, 1.165) is 4.90 Å². The van der Waals surface area contributed by atoms with Crippen molar-refractivity contribution in [2.24, 2.45) is 0 Å². The second-order valence-corrected chi connectivity index (χ2v) is 5.21. The Labute approximate surface area is 142 Å². The molecule has 1 aliphatic rings. The third-order valence-corrected chi connectivity index (χ3v) is 3.47. The highest BCUT2D eigenvalue weighted by Gasteiger charge is 2.35. The molecule has 0 atom stereocenters. The molecule has 1 heterocycles. The van der Waals surface area contributed by atoms with Gasteiger partial charge in [-0.2, -0.15) is 0 Å². The summed E-state index contributed by atoms with van der Waals surface area (Å²) >= 11 is 0. The van der Waals surface area contributed by atoms with Crippen molar-refractivity contribution >= 4 is 23.8 Å². The smallest absolute Gasteiger partial charge is 0.308 e. The second-order valence-electron chi connectivity index (χ2n) is 5.21. The van der Waals surface area contributed by atoms with Crippen LogP contribution in [0.4, 0.5) is 0 Å². The molecule has 0 saturated carbocycles. The van der Waals surface area contributed by atoms with Crippen LogP contribution in [0.5, 0.6) is 0 Å². The van der Waals surface area contributed by atoms with Crippen molar-refractivity contribution < 1.29 is 38.9 Å². The number of carbonyl (C=O) groups excluding carboxylic acids is 4. The Morgan fingerprint density at radius 1 is 0.960 bits per heavy atom. The molecule has 9 heteroatoms. The van der Waals surface area contributed by atoms with Crippen LogP contribution < -0.4 is 0 Å². The molecule has 2 N–H and O–H groups in total. The molecule has 1 aliphatic heterocycles. The molecule has 1 aromatic carbocycles. The summed E-state index contributed by atoms with van der Waals surface area (Å²) in [5.74, 6) is -2.69. The van der Waals surface area contributed by atoms with Gasteiger partial charge in [-0.05, 0) is 12.1 Å². The summed E-state index contributed by atoms with van der Waals surface area (Å²) in [6.45, 7) is -1.62. The zero-order valence-electron chi connectivity index (χ0n) is 13.2. The number of esters is 2. The first kappa shape index (κ1) is 18.6. The summed E-state index contributed by atoms with van der Waals surface area (Å²) in [5, 5.41) is 17.6. The lowest BCUT2D eigenvalue weighted by Crippen LogP contribution is -2.33. The van der Waals surface area contributed by atoms with Crippen LogP contribution >= 0.6 is 0 Å². The number of hydrogen-bond donors (Lipinski definition) is 2. The van der Waals surface area contributed by atoms with E-state index in [1.165, 1.54) is 12.1 Å². The van der Waals surface area contributed by atoms with Gasteiger partial charge >= 0.3 is 11.9 Å². The maximum absolute atomic E-state index is 12.1. The molecule has 1 aromatic rings. The lowest BCUT2D eigenvalue weighted by Gasteiger charge is -2.14. The van der Waals surface area contributed by atoms with Crippen molar-refractivity contribution in [1.82, 2.24) is 4.90 Å². The van der Waals surface area contributed by atoms with Gasteiger partial charge in [-0.15, -0.1) is 0 Å². The van der Waals surface area contributed by atoms with Gasteiger partial charge in [0.25, 0.3) is 11.8 Å². The van der Waals surface area contributed by atoms with E-state index in [1.54, 1.807) is 12.1 Å². The number of carbonyl (C=O) groups is 4.